The Morgan fingerprint density at radius 3 is 2.79 bits per heavy atom. The highest BCUT2D eigenvalue weighted by Crippen LogP contribution is 2.14. The fourth-order valence-corrected chi connectivity index (χ4v) is 1.63. The number of imidazole rings is 1. The van der Waals surface area contributed by atoms with Crippen LogP contribution >= 0.6 is 0 Å². The number of rotatable bonds is 4. The van der Waals surface area contributed by atoms with Crippen LogP contribution < -0.4 is 5.32 Å². The van der Waals surface area contributed by atoms with E-state index in [0.29, 0.717) is 17.2 Å². The molecule has 0 fully saturated rings. The van der Waals surface area contributed by atoms with Crippen molar-refractivity contribution in [3.05, 3.63) is 41.4 Å². The molecule has 0 atom stereocenters. The molecule has 2 N–H and O–H groups in total. The molecule has 0 aromatic carbocycles. The van der Waals surface area contributed by atoms with Gasteiger partial charge >= 0.3 is 5.97 Å². The van der Waals surface area contributed by atoms with Crippen molar-refractivity contribution < 1.29 is 19.1 Å². The zero-order valence-electron chi connectivity index (χ0n) is 10.5. The minimum absolute atomic E-state index is 0.0992. The van der Waals surface area contributed by atoms with Gasteiger partial charge in [0.15, 0.2) is 0 Å². The number of nitrogens with one attached hydrogen (secondary N) is 1. The molecular weight excluding hydrogens is 250 g/mol. The van der Waals surface area contributed by atoms with Gasteiger partial charge in [-0.2, -0.15) is 0 Å². The van der Waals surface area contributed by atoms with Gasteiger partial charge in [-0.15, -0.1) is 0 Å². The van der Waals surface area contributed by atoms with Crippen LogP contribution in [-0.4, -0.2) is 26.5 Å². The molecule has 0 aliphatic heterocycles. The van der Waals surface area contributed by atoms with Crippen LogP contribution in [0.5, 0.6) is 0 Å². The van der Waals surface area contributed by atoms with Crippen molar-refractivity contribution in [3.63, 3.8) is 0 Å². The molecule has 1 amide bonds. The Hall–Kier alpha value is -2.57. The van der Waals surface area contributed by atoms with E-state index >= 15 is 0 Å². The highest BCUT2D eigenvalue weighted by molar-refractivity contribution is 5.92. The maximum absolute atomic E-state index is 11.7. The van der Waals surface area contributed by atoms with Gasteiger partial charge in [0.25, 0.3) is 5.91 Å². The summed E-state index contributed by atoms with van der Waals surface area (Å²) in [4.78, 5) is 26.5. The highest BCUT2D eigenvalue weighted by atomic mass is 16.4. The highest BCUT2D eigenvalue weighted by Gasteiger charge is 2.15. The van der Waals surface area contributed by atoms with Gasteiger partial charge in [-0.3, -0.25) is 4.79 Å². The van der Waals surface area contributed by atoms with Gasteiger partial charge in [0.05, 0.1) is 12.9 Å². The fourth-order valence-electron chi connectivity index (χ4n) is 1.63. The Labute approximate surface area is 108 Å². The Balaban J connectivity index is 2.01. The average Bonchev–Trinajstić information content (AvgIpc) is 2.92. The van der Waals surface area contributed by atoms with E-state index in [2.05, 4.69) is 10.3 Å². The molecule has 0 saturated heterocycles. The summed E-state index contributed by atoms with van der Waals surface area (Å²) in [5, 5.41) is 11.5. The second kappa shape index (κ2) is 4.97. The summed E-state index contributed by atoms with van der Waals surface area (Å²) >= 11 is 0. The maximum Gasteiger partial charge on any atom is 0.339 e. The average molecular weight is 263 g/mol. The third kappa shape index (κ3) is 2.82. The first-order valence-electron chi connectivity index (χ1n) is 5.56. The second-order valence-electron chi connectivity index (χ2n) is 4.09. The first-order valence-corrected chi connectivity index (χ1v) is 5.56. The molecule has 2 rings (SSSR count). The van der Waals surface area contributed by atoms with Gasteiger partial charge in [-0.25, -0.2) is 9.78 Å². The number of hydrogen-bond acceptors (Lipinski definition) is 4. The smallest absolute Gasteiger partial charge is 0.339 e. The van der Waals surface area contributed by atoms with Crippen LogP contribution in [0.1, 0.15) is 32.4 Å². The number of furan rings is 1. The molecular formula is C12H13N3O4. The molecule has 0 radical (unpaired) electrons. The molecule has 19 heavy (non-hydrogen) atoms. The number of aromatic nitrogens is 2. The van der Waals surface area contributed by atoms with Crippen LogP contribution in [0, 0.1) is 6.92 Å². The molecule has 7 nitrogen and oxygen atoms in total. The fraction of sp³-hybridized carbons (Fsp3) is 0.250. The zero-order chi connectivity index (χ0) is 14.0. The summed E-state index contributed by atoms with van der Waals surface area (Å²) in [5.41, 5.74) is 0.395. The zero-order valence-corrected chi connectivity index (χ0v) is 10.5. The Morgan fingerprint density at radius 1 is 1.53 bits per heavy atom. The van der Waals surface area contributed by atoms with Crippen LogP contribution in [0.4, 0.5) is 0 Å². The largest absolute Gasteiger partial charge is 0.478 e. The summed E-state index contributed by atoms with van der Waals surface area (Å²) in [5.74, 6) is -0.691. The van der Waals surface area contributed by atoms with Crippen LogP contribution in [0.15, 0.2) is 23.0 Å². The molecule has 0 aliphatic rings. The number of aryl methyl sites for hydroxylation is 2. The van der Waals surface area contributed by atoms with Crippen molar-refractivity contribution >= 4 is 11.9 Å². The van der Waals surface area contributed by atoms with Crippen molar-refractivity contribution in [1.29, 1.82) is 0 Å². The lowest BCUT2D eigenvalue weighted by atomic mass is 10.2. The number of nitrogens with zero attached hydrogens (tertiary/aromatic N) is 2. The molecule has 100 valence electrons. The first-order chi connectivity index (χ1) is 8.97. The topological polar surface area (TPSA) is 97.4 Å². The summed E-state index contributed by atoms with van der Waals surface area (Å²) in [6.45, 7) is 1.68. The summed E-state index contributed by atoms with van der Waals surface area (Å²) < 4.78 is 6.91. The Kier molecular flexibility index (Phi) is 3.37. The van der Waals surface area contributed by atoms with Crippen LogP contribution in [0.3, 0.4) is 0 Å². The monoisotopic (exact) mass is 263 g/mol. The number of aromatic carboxylic acids is 1. The molecule has 0 spiro atoms. The predicted molar refractivity (Wildman–Crippen MR) is 64.8 cm³/mol. The molecule has 2 aromatic heterocycles. The Bertz CT molecular complexity index is 627. The quantitative estimate of drug-likeness (QED) is 0.855. The van der Waals surface area contributed by atoms with Crippen molar-refractivity contribution in [1.82, 2.24) is 14.9 Å². The lowest BCUT2D eigenvalue weighted by molar-refractivity contribution is 0.0694. The Morgan fingerprint density at radius 2 is 2.26 bits per heavy atom. The van der Waals surface area contributed by atoms with Gasteiger partial charge in [0, 0.05) is 13.2 Å². The molecule has 0 unspecified atom stereocenters. The van der Waals surface area contributed by atoms with Gasteiger partial charge in [-0.05, 0) is 13.0 Å². The molecule has 7 heteroatoms. The van der Waals surface area contributed by atoms with E-state index in [1.807, 2.05) is 0 Å². The van der Waals surface area contributed by atoms with Crippen molar-refractivity contribution in [2.75, 3.05) is 0 Å². The number of carbonyl (C=O) groups excluding carboxylic acids is 1. The molecule has 0 aliphatic carbocycles. The molecule has 2 heterocycles. The van der Waals surface area contributed by atoms with Crippen molar-refractivity contribution in [2.45, 2.75) is 13.5 Å². The third-order valence-corrected chi connectivity index (χ3v) is 2.56. The number of carbonyl (C=O) groups is 2. The minimum Gasteiger partial charge on any atom is -0.478 e. The van der Waals surface area contributed by atoms with E-state index in [1.165, 1.54) is 12.4 Å². The van der Waals surface area contributed by atoms with Gasteiger partial charge in [-0.1, -0.05) is 0 Å². The van der Waals surface area contributed by atoms with E-state index in [1.54, 1.807) is 24.7 Å². The number of carboxylic acid groups (broad SMARTS) is 1. The standard InChI is InChI=1S/C12H13N3O4/c1-7-9(12(17)18)3-8(19-7)4-13-11(16)10-5-15(2)6-14-10/h3,5-6H,4H2,1-2H3,(H,13,16)(H,17,18). The summed E-state index contributed by atoms with van der Waals surface area (Å²) in [6, 6.07) is 1.40. The van der Waals surface area contributed by atoms with Crippen molar-refractivity contribution in [3.8, 4) is 0 Å². The number of hydrogen-bond donors (Lipinski definition) is 2. The predicted octanol–water partition coefficient (Wildman–Crippen LogP) is 0.950. The first kappa shape index (κ1) is 12.9. The van der Waals surface area contributed by atoms with Gasteiger partial charge in [0.2, 0.25) is 0 Å². The van der Waals surface area contributed by atoms with Crippen LogP contribution in [0.25, 0.3) is 0 Å². The van der Waals surface area contributed by atoms with Gasteiger partial charge < -0.3 is 19.4 Å². The van der Waals surface area contributed by atoms with Gasteiger partial charge in [0.1, 0.15) is 22.8 Å². The van der Waals surface area contributed by atoms with Crippen molar-refractivity contribution in [2.24, 2.45) is 7.05 Å². The second-order valence-corrected chi connectivity index (χ2v) is 4.09. The maximum atomic E-state index is 11.7. The van der Waals surface area contributed by atoms with E-state index in [0.717, 1.165) is 0 Å². The van der Waals surface area contributed by atoms with Crippen LogP contribution in [0.2, 0.25) is 0 Å². The minimum atomic E-state index is -1.05. The van der Waals surface area contributed by atoms with Crippen LogP contribution in [-0.2, 0) is 13.6 Å². The number of amides is 1. The van der Waals surface area contributed by atoms with E-state index in [-0.39, 0.29) is 18.0 Å². The molecule has 0 bridgehead atoms. The number of carboxylic acids is 1. The summed E-state index contributed by atoms with van der Waals surface area (Å²) in [6.07, 6.45) is 3.11. The summed E-state index contributed by atoms with van der Waals surface area (Å²) in [7, 11) is 1.76. The normalized spacial score (nSPS) is 10.4. The third-order valence-electron chi connectivity index (χ3n) is 2.56. The van der Waals surface area contributed by atoms with E-state index < -0.39 is 5.97 Å². The lowest BCUT2D eigenvalue weighted by Crippen LogP contribution is -2.22. The van der Waals surface area contributed by atoms with E-state index in [4.69, 9.17) is 9.52 Å². The lowest BCUT2D eigenvalue weighted by Gasteiger charge is -1.99. The van der Waals surface area contributed by atoms with E-state index in [9.17, 15) is 9.59 Å². The molecule has 0 saturated carbocycles. The molecule has 2 aromatic rings. The SMILES string of the molecule is Cc1oc(CNC(=O)c2cn(C)cn2)cc1C(=O)O.